The second-order valence-electron chi connectivity index (χ2n) is 4.49. The number of aromatic nitrogens is 2. The topological polar surface area (TPSA) is 80.2 Å². The van der Waals surface area contributed by atoms with Crippen molar-refractivity contribution >= 4 is 59.1 Å². The van der Waals surface area contributed by atoms with Crippen molar-refractivity contribution < 1.29 is 13.2 Å². The van der Waals surface area contributed by atoms with Gasteiger partial charge in [-0.3, -0.25) is 9.69 Å². The number of aryl methyl sites for hydroxylation is 1. The lowest BCUT2D eigenvalue weighted by atomic mass is 10.1. The molecule has 0 radical (unpaired) electrons. The number of carbonyl (C=O) groups excluding carboxylic acids is 1. The molecule has 1 aromatic heterocycles. The van der Waals surface area contributed by atoms with Gasteiger partial charge in [0.15, 0.2) is 0 Å². The predicted molar refractivity (Wildman–Crippen MR) is 79.6 cm³/mol. The molecular formula is C10H10BrCl2N3O3S. The minimum absolute atomic E-state index is 0.0992. The van der Waals surface area contributed by atoms with Crippen molar-refractivity contribution in [3.05, 3.63) is 15.3 Å². The average molecular weight is 403 g/mol. The molecule has 0 N–H and O–H groups in total. The van der Waals surface area contributed by atoms with Gasteiger partial charge < -0.3 is 0 Å². The fraction of sp³-hybridized carbons (Fsp3) is 0.500. The zero-order valence-corrected chi connectivity index (χ0v) is 14.2. The summed E-state index contributed by atoms with van der Waals surface area (Å²) in [6.07, 6.45) is 0.0992. The molecule has 10 heteroatoms. The van der Waals surface area contributed by atoms with Crippen LogP contribution in [0.4, 0.5) is 5.95 Å². The van der Waals surface area contributed by atoms with Gasteiger partial charge in [-0.05, 0) is 22.9 Å². The van der Waals surface area contributed by atoms with Crippen molar-refractivity contribution in [2.24, 2.45) is 5.92 Å². The van der Waals surface area contributed by atoms with Crippen molar-refractivity contribution in [3.8, 4) is 0 Å². The molecule has 1 fully saturated rings. The summed E-state index contributed by atoms with van der Waals surface area (Å²) in [5, 5.41) is 0.203. The van der Waals surface area contributed by atoms with E-state index in [1.54, 1.807) is 6.92 Å². The van der Waals surface area contributed by atoms with Gasteiger partial charge >= 0.3 is 0 Å². The van der Waals surface area contributed by atoms with Gasteiger partial charge in [0.05, 0.1) is 15.9 Å². The van der Waals surface area contributed by atoms with Gasteiger partial charge in [-0.15, -0.1) is 0 Å². The molecule has 110 valence electrons. The molecule has 6 nitrogen and oxygen atoms in total. The highest BCUT2D eigenvalue weighted by Gasteiger charge is 2.34. The predicted octanol–water partition coefficient (Wildman–Crippen LogP) is 2.12. The maximum absolute atomic E-state index is 11.9. The first-order valence-corrected chi connectivity index (χ1v) is 9.24. The molecule has 1 aromatic rings. The third-order valence-electron chi connectivity index (χ3n) is 2.85. The van der Waals surface area contributed by atoms with E-state index < -0.39 is 9.05 Å². The van der Waals surface area contributed by atoms with Gasteiger partial charge in [-0.1, -0.05) is 11.6 Å². The van der Waals surface area contributed by atoms with E-state index in [2.05, 4.69) is 25.9 Å². The lowest BCUT2D eigenvalue weighted by Gasteiger charge is -2.15. The Kier molecular flexibility index (Phi) is 4.58. The lowest BCUT2D eigenvalue weighted by Crippen LogP contribution is -2.27. The Morgan fingerprint density at radius 1 is 1.45 bits per heavy atom. The molecule has 0 saturated carbocycles. The molecule has 20 heavy (non-hydrogen) atoms. The number of carbonyl (C=O) groups is 1. The van der Waals surface area contributed by atoms with E-state index in [1.807, 2.05) is 0 Å². The van der Waals surface area contributed by atoms with Crippen LogP contribution in [0.3, 0.4) is 0 Å². The SMILES string of the molecule is Cc1nc(N2CC(CS(=O)(=O)Cl)CC2=O)nc(Cl)c1Br. The largest absolute Gasteiger partial charge is 0.280 e. The molecule has 1 aliphatic heterocycles. The Morgan fingerprint density at radius 2 is 2.10 bits per heavy atom. The highest BCUT2D eigenvalue weighted by atomic mass is 79.9. The van der Waals surface area contributed by atoms with Gasteiger partial charge in [0.1, 0.15) is 5.15 Å². The second kappa shape index (κ2) is 5.75. The van der Waals surface area contributed by atoms with Gasteiger partial charge in [0.25, 0.3) is 0 Å². The normalized spacial score (nSPS) is 19.7. The minimum Gasteiger partial charge on any atom is -0.280 e. The summed E-state index contributed by atoms with van der Waals surface area (Å²) in [5.41, 5.74) is 0.598. The van der Waals surface area contributed by atoms with Crippen LogP contribution >= 0.6 is 38.2 Å². The Labute approximate surface area is 134 Å². The molecule has 0 aromatic carbocycles. The van der Waals surface area contributed by atoms with E-state index in [9.17, 15) is 13.2 Å². The summed E-state index contributed by atoms with van der Waals surface area (Å²) in [5.74, 6) is -0.681. The third-order valence-corrected chi connectivity index (χ3v) is 5.54. The highest BCUT2D eigenvalue weighted by molar-refractivity contribution is 9.10. The van der Waals surface area contributed by atoms with Crippen LogP contribution in [0.1, 0.15) is 12.1 Å². The van der Waals surface area contributed by atoms with Crippen LogP contribution in [0, 0.1) is 12.8 Å². The number of nitrogens with zero attached hydrogens (tertiary/aromatic N) is 3. The molecular weight excluding hydrogens is 393 g/mol. The first-order valence-electron chi connectivity index (χ1n) is 5.59. The average Bonchev–Trinajstić information content (AvgIpc) is 2.63. The summed E-state index contributed by atoms with van der Waals surface area (Å²) in [6, 6.07) is 0. The van der Waals surface area contributed by atoms with E-state index in [1.165, 1.54) is 4.90 Å². The molecule has 1 amide bonds. The molecule has 0 bridgehead atoms. The molecule has 1 saturated heterocycles. The number of anilines is 1. The molecule has 0 spiro atoms. The van der Waals surface area contributed by atoms with E-state index in [4.69, 9.17) is 22.3 Å². The number of amides is 1. The van der Waals surface area contributed by atoms with Crippen LogP contribution in [0.5, 0.6) is 0 Å². The Morgan fingerprint density at radius 3 is 2.65 bits per heavy atom. The smallest absolute Gasteiger partial charge is 0.233 e. The van der Waals surface area contributed by atoms with E-state index >= 15 is 0 Å². The summed E-state index contributed by atoms with van der Waals surface area (Å²) in [4.78, 5) is 21.5. The summed E-state index contributed by atoms with van der Waals surface area (Å²) in [6.45, 7) is 1.94. The standard InChI is InChI=1S/C10H10BrCl2N3O3S/c1-5-8(11)9(12)15-10(14-5)16-3-6(2-7(16)17)4-20(13,18)19/h6H,2-4H2,1H3. The van der Waals surface area contributed by atoms with Gasteiger partial charge in [-0.25, -0.2) is 13.4 Å². The van der Waals surface area contributed by atoms with Crippen molar-refractivity contribution in [1.29, 1.82) is 0 Å². The van der Waals surface area contributed by atoms with Crippen LogP contribution in [0.15, 0.2) is 4.47 Å². The molecule has 1 unspecified atom stereocenters. The quantitative estimate of drug-likeness (QED) is 0.571. The van der Waals surface area contributed by atoms with E-state index in [-0.39, 0.29) is 41.6 Å². The van der Waals surface area contributed by atoms with Gasteiger partial charge in [0.2, 0.25) is 20.9 Å². The second-order valence-corrected chi connectivity index (χ2v) is 8.47. The van der Waals surface area contributed by atoms with Gasteiger partial charge in [0, 0.05) is 29.6 Å². The van der Waals surface area contributed by atoms with Crippen LogP contribution in [-0.4, -0.2) is 36.6 Å². The number of hydrogen-bond donors (Lipinski definition) is 0. The van der Waals surface area contributed by atoms with E-state index in [0.717, 1.165) is 0 Å². The monoisotopic (exact) mass is 401 g/mol. The lowest BCUT2D eigenvalue weighted by molar-refractivity contribution is -0.117. The number of rotatable bonds is 3. The first kappa shape index (κ1) is 15.9. The molecule has 2 rings (SSSR count). The van der Waals surface area contributed by atoms with Crippen molar-refractivity contribution in [1.82, 2.24) is 9.97 Å². The maximum Gasteiger partial charge on any atom is 0.233 e. The van der Waals surface area contributed by atoms with Crippen LogP contribution in [0.25, 0.3) is 0 Å². The first-order chi connectivity index (χ1) is 9.17. The third kappa shape index (κ3) is 3.60. The fourth-order valence-corrected chi connectivity index (χ4v) is 3.71. The molecule has 1 aliphatic rings. The highest BCUT2D eigenvalue weighted by Crippen LogP contribution is 2.29. The zero-order valence-electron chi connectivity index (χ0n) is 10.3. The summed E-state index contributed by atoms with van der Waals surface area (Å²) >= 11 is 9.17. The van der Waals surface area contributed by atoms with Crippen molar-refractivity contribution in [2.45, 2.75) is 13.3 Å². The summed E-state index contributed by atoms with van der Waals surface area (Å²) in [7, 11) is 1.57. The number of hydrogen-bond acceptors (Lipinski definition) is 5. The molecule has 2 heterocycles. The van der Waals surface area contributed by atoms with Crippen LogP contribution in [-0.2, 0) is 13.8 Å². The minimum atomic E-state index is -3.64. The summed E-state index contributed by atoms with van der Waals surface area (Å²) < 4.78 is 22.7. The maximum atomic E-state index is 11.9. The Balaban J connectivity index is 2.24. The van der Waals surface area contributed by atoms with Crippen LogP contribution in [0.2, 0.25) is 5.15 Å². The zero-order chi connectivity index (χ0) is 15.1. The van der Waals surface area contributed by atoms with Crippen LogP contribution < -0.4 is 4.90 Å². The fourth-order valence-electron chi connectivity index (χ4n) is 2.00. The van der Waals surface area contributed by atoms with E-state index in [0.29, 0.717) is 10.2 Å². The molecule has 1 atom stereocenters. The Hall–Kier alpha value is -0.440. The molecule has 0 aliphatic carbocycles. The number of halogens is 3. The van der Waals surface area contributed by atoms with Gasteiger partial charge in [-0.2, -0.15) is 4.98 Å². The van der Waals surface area contributed by atoms with Crippen molar-refractivity contribution in [2.75, 3.05) is 17.2 Å². The Bertz CT molecular complexity index is 645. The van der Waals surface area contributed by atoms with Crippen molar-refractivity contribution in [3.63, 3.8) is 0 Å².